The van der Waals surface area contributed by atoms with Gasteiger partial charge in [-0.2, -0.15) is 0 Å². The Balaban J connectivity index is 1.38. The average Bonchev–Trinajstić information content (AvgIpc) is 2.93. The number of carbonyl (C=O) groups excluding carboxylic acids is 2. The highest BCUT2D eigenvalue weighted by Crippen LogP contribution is 2.47. The van der Waals surface area contributed by atoms with Gasteiger partial charge in [-0.1, -0.05) is 129 Å². The van der Waals surface area contributed by atoms with Crippen molar-refractivity contribution < 1.29 is 19.4 Å². The molecule has 42 heavy (non-hydrogen) atoms. The molecule has 1 heterocycles. The maximum atomic E-state index is 13.4. The molecule has 0 bridgehead atoms. The van der Waals surface area contributed by atoms with Crippen LogP contribution in [0.15, 0.2) is 46.8 Å². The van der Waals surface area contributed by atoms with Crippen LogP contribution in [0.4, 0.5) is 0 Å². The summed E-state index contributed by atoms with van der Waals surface area (Å²) in [5.74, 6) is -0.735. The molecule has 1 unspecified atom stereocenters. The minimum absolute atomic E-state index is 0.0534. The molecule has 2 N–H and O–H groups in total. The standard InChI is InChI=1S/C37H57NO4/c1-5-6-7-8-9-10-11-12-13-14-15-16-17-18-19-20-24-42-36(41)33-28(2)38-31-26-37(3,4)27-32(40)35(31)34(33)29-22-21-23-30(39)25-29/h21-23,25,34,38-39H,5-20,24,26-27H2,1-4H3. The summed E-state index contributed by atoms with van der Waals surface area (Å²) in [6, 6.07) is 6.91. The molecule has 1 atom stereocenters. The summed E-state index contributed by atoms with van der Waals surface area (Å²) >= 11 is 0. The Kier molecular flexibility index (Phi) is 14.2. The van der Waals surface area contributed by atoms with Crippen molar-refractivity contribution in [2.75, 3.05) is 6.61 Å². The molecule has 1 aliphatic heterocycles. The Labute approximate surface area is 255 Å². The van der Waals surface area contributed by atoms with Crippen LogP contribution in [0.25, 0.3) is 0 Å². The summed E-state index contributed by atoms with van der Waals surface area (Å²) in [5, 5.41) is 13.6. The summed E-state index contributed by atoms with van der Waals surface area (Å²) in [4.78, 5) is 26.8. The zero-order chi connectivity index (χ0) is 30.4. The number of unbranched alkanes of at least 4 members (excludes halogenated alkanes) is 15. The van der Waals surface area contributed by atoms with Gasteiger partial charge in [0.1, 0.15) is 5.75 Å². The van der Waals surface area contributed by atoms with Crippen molar-refractivity contribution in [3.8, 4) is 5.75 Å². The van der Waals surface area contributed by atoms with E-state index in [-0.39, 0.29) is 22.9 Å². The van der Waals surface area contributed by atoms with E-state index in [0.29, 0.717) is 24.2 Å². The van der Waals surface area contributed by atoms with Gasteiger partial charge in [-0.3, -0.25) is 4.79 Å². The highest BCUT2D eigenvalue weighted by molar-refractivity contribution is 6.04. The number of ether oxygens (including phenoxy) is 1. The normalized spacial score (nSPS) is 18.2. The number of hydrogen-bond donors (Lipinski definition) is 2. The first-order valence-electron chi connectivity index (χ1n) is 16.9. The van der Waals surface area contributed by atoms with Gasteiger partial charge in [-0.25, -0.2) is 4.79 Å². The molecule has 1 aliphatic carbocycles. The van der Waals surface area contributed by atoms with Crippen molar-refractivity contribution in [3.05, 3.63) is 52.4 Å². The summed E-state index contributed by atoms with van der Waals surface area (Å²) < 4.78 is 5.78. The van der Waals surface area contributed by atoms with E-state index in [4.69, 9.17) is 4.74 Å². The molecule has 234 valence electrons. The van der Waals surface area contributed by atoms with E-state index < -0.39 is 5.92 Å². The molecule has 0 spiro atoms. The predicted octanol–water partition coefficient (Wildman–Crippen LogP) is 9.80. The highest BCUT2D eigenvalue weighted by Gasteiger charge is 2.43. The first-order valence-corrected chi connectivity index (χ1v) is 16.9. The topological polar surface area (TPSA) is 75.6 Å². The Morgan fingerprint density at radius 2 is 1.43 bits per heavy atom. The lowest BCUT2D eigenvalue weighted by Crippen LogP contribution is -2.38. The molecule has 5 nitrogen and oxygen atoms in total. The fraction of sp³-hybridized carbons (Fsp3) is 0.676. The number of benzene rings is 1. The molecule has 0 amide bonds. The number of dihydropyridines is 1. The Hall–Kier alpha value is -2.56. The first kappa shape index (κ1) is 33.9. The second-order valence-corrected chi connectivity index (χ2v) is 13.5. The quantitative estimate of drug-likeness (QED) is 0.126. The Morgan fingerprint density at radius 3 is 1.98 bits per heavy atom. The average molecular weight is 580 g/mol. The fourth-order valence-corrected chi connectivity index (χ4v) is 6.64. The lowest BCUT2D eigenvalue weighted by Gasteiger charge is -2.39. The number of carbonyl (C=O) groups is 2. The van der Waals surface area contributed by atoms with Gasteiger partial charge < -0.3 is 15.2 Å². The molecule has 0 saturated heterocycles. The van der Waals surface area contributed by atoms with E-state index in [0.717, 1.165) is 36.2 Å². The number of phenols is 1. The third kappa shape index (κ3) is 10.6. The summed E-state index contributed by atoms with van der Waals surface area (Å²) in [5.41, 5.74) is 3.33. The molecule has 2 aliphatic rings. The molecule has 0 radical (unpaired) electrons. The lowest BCUT2D eigenvalue weighted by molar-refractivity contribution is -0.139. The zero-order valence-electron chi connectivity index (χ0n) is 27.0. The number of aromatic hydroxyl groups is 1. The fourth-order valence-electron chi connectivity index (χ4n) is 6.64. The molecule has 1 aromatic carbocycles. The van der Waals surface area contributed by atoms with Gasteiger partial charge in [-0.15, -0.1) is 0 Å². The van der Waals surface area contributed by atoms with E-state index in [1.165, 1.54) is 89.9 Å². The number of esters is 1. The maximum absolute atomic E-state index is 13.4. The van der Waals surface area contributed by atoms with Crippen LogP contribution in [0.2, 0.25) is 0 Å². The molecule has 5 heteroatoms. The summed E-state index contributed by atoms with van der Waals surface area (Å²) in [7, 11) is 0. The van der Waals surface area contributed by atoms with Crippen LogP contribution < -0.4 is 5.32 Å². The van der Waals surface area contributed by atoms with Crippen LogP contribution in [0.5, 0.6) is 5.75 Å². The molecular weight excluding hydrogens is 522 g/mol. The van der Waals surface area contributed by atoms with Gasteiger partial charge in [0.05, 0.1) is 12.2 Å². The smallest absolute Gasteiger partial charge is 0.336 e. The van der Waals surface area contributed by atoms with Crippen LogP contribution >= 0.6 is 0 Å². The van der Waals surface area contributed by atoms with E-state index in [9.17, 15) is 14.7 Å². The third-order valence-corrected chi connectivity index (χ3v) is 8.89. The monoisotopic (exact) mass is 579 g/mol. The van der Waals surface area contributed by atoms with E-state index in [2.05, 4.69) is 26.1 Å². The second-order valence-electron chi connectivity index (χ2n) is 13.5. The van der Waals surface area contributed by atoms with Crippen LogP contribution in [0.1, 0.15) is 155 Å². The number of phenolic OH excluding ortho intramolecular Hbond substituents is 1. The molecule has 0 saturated carbocycles. The Bertz CT molecular complexity index is 1080. The Morgan fingerprint density at radius 1 is 0.881 bits per heavy atom. The second kappa shape index (κ2) is 17.5. The van der Waals surface area contributed by atoms with Gasteiger partial charge >= 0.3 is 5.97 Å². The van der Waals surface area contributed by atoms with E-state index in [1.54, 1.807) is 18.2 Å². The summed E-state index contributed by atoms with van der Waals surface area (Å²) in [6.45, 7) is 8.74. The minimum atomic E-state index is -0.532. The molecule has 0 fully saturated rings. The number of nitrogens with one attached hydrogen (secondary N) is 1. The van der Waals surface area contributed by atoms with Crippen molar-refractivity contribution in [1.82, 2.24) is 5.32 Å². The SMILES string of the molecule is CCCCCCCCCCCCCCCCCCOC(=O)C1=C(C)NC2=C(C(=O)CC(C)(C)C2)C1c1cccc(O)c1. The zero-order valence-corrected chi connectivity index (χ0v) is 27.0. The van der Waals surface area contributed by atoms with Gasteiger partial charge in [0, 0.05) is 29.3 Å². The number of ketones is 1. The maximum Gasteiger partial charge on any atom is 0.336 e. The van der Waals surface area contributed by atoms with Crippen molar-refractivity contribution in [3.63, 3.8) is 0 Å². The van der Waals surface area contributed by atoms with E-state index in [1.807, 2.05) is 13.0 Å². The van der Waals surface area contributed by atoms with Gasteiger partial charge in [0.25, 0.3) is 0 Å². The van der Waals surface area contributed by atoms with Crippen molar-refractivity contribution in [1.29, 1.82) is 0 Å². The predicted molar refractivity (Wildman–Crippen MR) is 172 cm³/mol. The highest BCUT2D eigenvalue weighted by atomic mass is 16.5. The van der Waals surface area contributed by atoms with Crippen molar-refractivity contribution in [2.24, 2.45) is 5.41 Å². The van der Waals surface area contributed by atoms with Crippen molar-refractivity contribution in [2.45, 2.75) is 149 Å². The van der Waals surface area contributed by atoms with Gasteiger partial charge in [0.2, 0.25) is 0 Å². The van der Waals surface area contributed by atoms with Gasteiger partial charge in [0.15, 0.2) is 5.78 Å². The van der Waals surface area contributed by atoms with Gasteiger partial charge in [-0.05, 0) is 42.9 Å². The largest absolute Gasteiger partial charge is 0.508 e. The molecule has 3 rings (SSSR count). The van der Waals surface area contributed by atoms with Crippen LogP contribution in [-0.2, 0) is 14.3 Å². The number of Topliss-reactive ketones (excluding diaryl/α,β-unsaturated/α-hetero) is 1. The third-order valence-electron chi connectivity index (χ3n) is 8.89. The minimum Gasteiger partial charge on any atom is -0.508 e. The molecular formula is C37H57NO4. The summed E-state index contributed by atoms with van der Waals surface area (Å²) in [6.07, 6.45) is 22.0. The molecule has 0 aromatic heterocycles. The number of rotatable bonds is 19. The lowest BCUT2D eigenvalue weighted by atomic mass is 9.68. The first-order chi connectivity index (χ1) is 20.2. The van der Waals surface area contributed by atoms with Crippen molar-refractivity contribution >= 4 is 11.8 Å². The number of hydrogen-bond acceptors (Lipinski definition) is 5. The van der Waals surface area contributed by atoms with Crippen LogP contribution in [-0.4, -0.2) is 23.5 Å². The number of allylic oxidation sites excluding steroid dienone is 3. The molecule has 1 aromatic rings. The van der Waals surface area contributed by atoms with E-state index >= 15 is 0 Å². The van der Waals surface area contributed by atoms with Crippen LogP contribution in [0, 0.1) is 5.41 Å². The van der Waals surface area contributed by atoms with Crippen LogP contribution in [0.3, 0.4) is 0 Å².